The van der Waals surface area contributed by atoms with Crippen molar-refractivity contribution < 1.29 is 0 Å². The van der Waals surface area contributed by atoms with E-state index in [1.807, 2.05) is 13.0 Å². The van der Waals surface area contributed by atoms with Crippen molar-refractivity contribution in [3.05, 3.63) is 41.1 Å². The number of aryl methyl sites for hydroxylation is 2. The van der Waals surface area contributed by atoms with Crippen LogP contribution in [-0.4, -0.2) is 9.97 Å². The maximum absolute atomic E-state index is 5.80. The summed E-state index contributed by atoms with van der Waals surface area (Å²) in [5.74, 6) is 0. The van der Waals surface area contributed by atoms with Gasteiger partial charge >= 0.3 is 0 Å². The highest BCUT2D eigenvalue weighted by Crippen LogP contribution is 2.21. The molecule has 0 aliphatic rings. The van der Waals surface area contributed by atoms with E-state index in [-0.39, 0.29) is 0 Å². The molecular formula is C15H18N2S. The molecule has 0 bridgehead atoms. The molecule has 2 N–H and O–H groups in total. The fraction of sp³-hybridized carbons (Fsp3) is 0.333. The van der Waals surface area contributed by atoms with Crippen LogP contribution in [0.2, 0.25) is 0 Å². The van der Waals surface area contributed by atoms with Crippen LogP contribution in [0.25, 0.3) is 10.9 Å². The summed E-state index contributed by atoms with van der Waals surface area (Å²) in [5, 5.41) is 1.07. The molecule has 0 fully saturated rings. The third-order valence-electron chi connectivity index (χ3n) is 3.09. The number of hydrogen-bond donors (Lipinski definition) is 1. The molecule has 0 aliphatic heterocycles. The lowest BCUT2D eigenvalue weighted by molar-refractivity contribution is 0.796. The molecule has 3 heteroatoms. The zero-order valence-electron chi connectivity index (χ0n) is 10.9. The molecular weight excluding hydrogens is 240 g/mol. The molecule has 0 saturated carbocycles. The van der Waals surface area contributed by atoms with Crippen LogP contribution in [-0.2, 0) is 6.42 Å². The summed E-state index contributed by atoms with van der Waals surface area (Å²) in [4.78, 5) is 4.97. The first kappa shape index (κ1) is 13.0. The van der Waals surface area contributed by atoms with E-state index in [1.165, 1.54) is 18.4 Å². The van der Waals surface area contributed by atoms with Gasteiger partial charge in [0, 0.05) is 16.6 Å². The van der Waals surface area contributed by atoms with Crippen molar-refractivity contribution in [1.82, 2.24) is 4.98 Å². The fourth-order valence-corrected chi connectivity index (χ4v) is 2.31. The van der Waals surface area contributed by atoms with Crippen LogP contribution in [0, 0.1) is 6.92 Å². The average molecular weight is 258 g/mol. The summed E-state index contributed by atoms with van der Waals surface area (Å²) in [6, 6.07) is 8.35. The van der Waals surface area contributed by atoms with Gasteiger partial charge in [0.25, 0.3) is 0 Å². The normalized spacial score (nSPS) is 10.8. The van der Waals surface area contributed by atoms with Gasteiger partial charge in [-0.25, -0.2) is 0 Å². The van der Waals surface area contributed by atoms with E-state index in [0.717, 1.165) is 28.6 Å². The predicted octanol–water partition coefficient (Wildman–Crippen LogP) is 3.52. The topological polar surface area (TPSA) is 38.9 Å². The second-order valence-corrected chi connectivity index (χ2v) is 5.07. The Kier molecular flexibility index (Phi) is 3.92. The Balaban J connectivity index is 2.56. The minimum Gasteiger partial charge on any atom is -0.389 e. The van der Waals surface area contributed by atoms with Crippen LogP contribution in [0.15, 0.2) is 24.3 Å². The van der Waals surface area contributed by atoms with Crippen molar-refractivity contribution in [2.75, 3.05) is 0 Å². The Labute approximate surface area is 113 Å². The van der Waals surface area contributed by atoms with E-state index < -0.39 is 0 Å². The third kappa shape index (κ3) is 2.67. The van der Waals surface area contributed by atoms with Crippen LogP contribution in [0.4, 0.5) is 0 Å². The number of rotatable bonds is 4. The molecule has 1 aromatic heterocycles. The quantitative estimate of drug-likeness (QED) is 0.853. The van der Waals surface area contributed by atoms with Gasteiger partial charge in [-0.3, -0.25) is 4.98 Å². The highest BCUT2D eigenvalue weighted by atomic mass is 32.1. The lowest BCUT2D eigenvalue weighted by atomic mass is 10.0. The monoisotopic (exact) mass is 258 g/mol. The minimum absolute atomic E-state index is 0.443. The standard InChI is InChI=1S/C15H18N2S/c1-3-4-5-11-6-7-14-12(9-11)13(15(16)18)8-10(2)17-14/h6-9H,3-5H2,1-2H3,(H2,16,18). The highest BCUT2D eigenvalue weighted by Gasteiger charge is 2.07. The molecule has 94 valence electrons. The molecule has 0 aliphatic carbocycles. The zero-order valence-corrected chi connectivity index (χ0v) is 11.7. The first-order chi connectivity index (χ1) is 8.61. The lowest BCUT2D eigenvalue weighted by Crippen LogP contribution is -2.11. The van der Waals surface area contributed by atoms with E-state index in [0.29, 0.717) is 4.99 Å². The second kappa shape index (κ2) is 5.44. The van der Waals surface area contributed by atoms with Crippen molar-refractivity contribution in [2.24, 2.45) is 5.73 Å². The van der Waals surface area contributed by atoms with E-state index >= 15 is 0 Å². The molecule has 0 amide bonds. The van der Waals surface area contributed by atoms with Crippen LogP contribution < -0.4 is 5.73 Å². The van der Waals surface area contributed by atoms with Gasteiger partial charge in [-0.15, -0.1) is 0 Å². The first-order valence-corrected chi connectivity index (χ1v) is 6.72. The number of thiocarbonyl (C=S) groups is 1. The molecule has 18 heavy (non-hydrogen) atoms. The van der Waals surface area contributed by atoms with E-state index in [2.05, 4.69) is 30.1 Å². The number of nitrogens with zero attached hydrogens (tertiary/aromatic N) is 1. The molecule has 2 rings (SSSR count). The Morgan fingerprint density at radius 3 is 2.78 bits per heavy atom. The smallest absolute Gasteiger partial charge is 0.104 e. The SMILES string of the molecule is CCCCc1ccc2nc(C)cc(C(N)=S)c2c1. The number of hydrogen-bond acceptors (Lipinski definition) is 2. The van der Waals surface area contributed by atoms with Gasteiger partial charge in [0.15, 0.2) is 0 Å². The summed E-state index contributed by atoms with van der Waals surface area (Å²) >= 11 is 5.13. The van der Waals surface area contributed by atoms with E-state index in [4.69, 9.17) is 18.0 Å². The summed E-state index contributed by atoms with van der Waals surface area (Å²) in [6.07, 6.45) is 3.50. The Hall–Kier alpha value is -1.48. The van der Waals surface area contributed by atoms with E-state index in [1.54, 1.807) is 0 Å². The van der Waals surface area contributed by atoms with Crippen LogP contribution >= 0.6 is 12.2 Å². The summed E-state index contributed by atoms with van der Waals surface area (Å²) in [6.45, 7) is 4.17. The summed E-state index contributed by atoms with van der Waals surface area (Å²) in [7, 11) is 0. The first-order valence-electron chi connectivity index (χ1n) is 6.32. The van der Waals surface area contributed by atoms with Gasteiger partial charge in [0.05, 0.1) is 5.52 Å². The molecule has 2 aromatic rings. The van der Waals surface area contributed by atoms with Gasteiger partial charge in [0.2, 0.25) is 0 Å². The number of unbranched alkanes of at least 4 members (excludes halogenated alkanes) is 1. The minimum atomic E-state index is 0.443. The van der Waals surface area contributed by atoms with Crippen molar-refractivity contribution in [2.45, 2.75) is 33.1 Å². The van der Waals surface area contributed by atoms with Crippen LogP contribution in [0.5, 0.6) is 0 Å². The van der Waals surface area contributed by atoms with Crippen molar-refractivity contribution in [3.8, 4) is 0 Å². The Morgan fingerprint density at radius 2 is 2.11 bits per heavy atom. The number of aromatic nitrogens is 1. The summed E-state index contributed by atoms with van der Waals surface area (Å²) in [5.41, 5.74) is 9.99. The van der Waals surface area contributed by atoms with Gasteiger partial charge in [0.1, 0.15) is 4.99 Å². The molecule has 0 atom stereocenters. The van der Waals surface area contributed by atoms with Gasteiger partial charge in [-0.2, -0.15) is 0 Å². The van der Waals surface area contributed by atoms with Crippen LogP contribution in [0.3, 0.4) is 0 Å². The van der Waals surface area contributed by atoms with Gasteiger partial charge in [-0.1, -0.05) is 31.6 Å². The van der Waals surface area contributed by atoms with Crippen molar-refractivity contribution in [3.63, 3.8) is 0 Å². The van der Waals surface area contributed by atoms with E-state index in [9.17, 15) is 0 Å². The number of pyridine rings is 1. The predicted molar refractivity (Wildman–Crippen MR) is 81.0 cm³/mol. The molecule has 2 nitrogen and oxygen atoms in total. The maximum Gasteiger partial charge on any atom is 0.104 e. The number of fused-ring (bicyclic) bond motifs is 1. The molecule has 1 heterocycles. The Morgan fingerprint density at radius 1 is 1.33 bits per heavy atom. The zero-order chi connectivity index (χ0) is 13.1. The lowest BCUT2D eigenvalue weighted by Gasteiger charge is -2.08. The highest BCUT2D eigenvalue weighted by molar-refractivity contribution is 7.80. The molecule has 0 radical (unpaired) electrons. The van der Waals surface area contributed by atoms with Gasteiger partial charge < -0.3 is 5.73 Å². The average Bonchev–Trinajstić information content (AvgIpc) is 2.35. The van der Waals surface area contributed by atoms with Crippen molar-refractivity contribution in [1.29, 1.82) is 0 Å². The molecule has 1 aromatic carbocycles. The van der Waals surface area contributed by atoms with Gasteiger partial charge in [-0.05, 0) is 43.5 Å². The molecule has 0 saturated heterocycles. The maximum atomic E-state index is 5.80. The molecule has 0 unspecified atom stereocenters. The number of benzene rings is 1. The Bertz CT molecular complexity index is 590. The number of nitrogens with two attached hydrogens (primary N) is 1. The largest absolute Gasteiger partial charge is 0.389 e. The van der Waals surface area contributed by atoms with Crippen molar-refractivity contribution >= 4 is 28.1 Å². The second-order valence-electron chi connectivity index (χ2n) is 4.63. The third-order valence-corrected chi connectivity index (χ3v) is 3.31. The summed E-state index contributed by atoms with van der Waals surface area (Å²) < 4.78 is 0. The van der Waals surface area contributed by atoms with Crippen LogP contribution in [0.1, 0.15) is 36.6 Å². The fourth-order valence-electron chi connectivity index (χ4n) is 2.15. The molecule has 0 spiro atoms.